The fourth-order valence-corrected chi connectivity index (χ4v) is 3.86. The Bertz CT molecular complexity index is 950. The molecule has 0 unspecified atom stereocenters. The van der Waals surface area contributed by atoms with Crippen LogP contribution in [0.15, 0.2) is 59.6 Å². The summed E-state index contributed by atoms with van der Waals surface area (Å²) in [6.45, 7) is 0. The van der Waals surface area contributed by atoms with Gasteiger partial charge < -0.3 is 0 Å². The molecule has 1 atom stereocenters. The second-order valence-corrected chi connectivity index (χ2v) is 6.91. The van der Waals surface area contributed by atoms with Crippen molar-refractivity contribution in [1.82, 2.24) is 25.2 Å². The van der Waals surface area contributed by atoms with Crippen LogP contribution < -0.4 is 5.32 Å². The molecule has 3 heterocycles. The fourth-order valence-electron chi connectivity index (χ4n) is 2.39. The van der Waals surface area contributed by atoms with Gasteiger partial charge in [0, 0.05) is 5.38 Å². The van der Waals surface area contributed by atoms with Crippen LogP contribution in [0.3, 0.4) is 0 Å². The summed E-state index contributed by atoms with van der Waals surface area (Å²) in [5, 5.41) is 18.5. The molecule has 124 valence electrons. The molecule has 0 fully saturated rings. The highest BCUT2D eigenvalue weighted by molar-refractivity contribution is 7.16. The average Bonchev–Trinajstić information content (AvgIpc) is 3.38. The summed E-state index contributed by atoms with van der Waals surface area (Å²) in [7, 11) is 0. The number of thiophene rings is 1. The number of rotatable bonds is 5. The van der Waals surface area contributed by atoms with Crippen LogP contribution in [-0.2, 0) is 4.79 Å². The molecule has 1 aromatic carbocycles. The number of carbonyl (C=O) groups excluding carboxylic acids is 1. The molecule has 3 aromatic heterocycles. The molecule has 0 aliphatic carbocycles. The molecule has 1 amide bonds. The third-order valence-electron chi connectivity index (χ3n) is 3.50. The lowest BCUT2D eigenvalue weighted by atomic mass is 10.1. The van der Waals surface area contributed by atoms with Gasteiger partial charge in [0.15, 0.2) is 11.2 Å². The van der Waals surface area contributed by atoms with Gasteiger partial charge in [-0.1, -0.05) is 36.4 Å². The molecule has 0 spiro atoms. The van der Waals surface area contributed by atoms with Gasteiger partial charge in [-0.2, -0.15) is 0 Å². The van der Waals surface area contributed by atoms with Crippen LogP contribution in [0, 0.1) is 0 Å². The van der Waals surface area contributed by atoms with Crippen molar-refractivity contribution in [3.05, 3.63) is 65.1 Å². The highest BCUT2D eigenvalue weighted by Crippen LogP contribution is 2.29. The second-order valence-electron chi connectivity index (χ2n) is 5.11. The van der Waals surface area contributed by atoms with E-state index in [9.17, 15) is 4.79 Å². The van der Waals surface area contributed by atoms with Gasteiger partial charge in [0.25, 0.3) is 5.91 Å². The zero-order valence-corrected chi connectivity index (χ0v) is 14.4. The van der Waals surface area contributed by atoms with E-state index in [-0.39, 0.29) is 5.91 Å². The smallest absolute Gasteiger partial charge is 0.255 e. The van der Waals surface area contributed by atoms with Crippen molar-refractivity contribution in [2.24, 2.45) is 0 Å². The van der Waals surface area contributed by atoms with Crippen molar-refractivity contribution < 1.29 is 4.79 Å². The molecular weight excluding hydrogens is 356 g/mol. The molecule has 0 radical (unpaired) electrons. The zero-order chi connectivity index (χ0) is 17.1. The van der Waals surface area contributed by atoms with Gasteiger partial charge in [-0.3, -0.25) is 10.1 Å². The minimum Gasteiger partial charge on any atom is -0.300 e. The molecule has 7 nitrogen and oxygen atoms in total. The molecule has 0 saturated carbocycles. The Morgan fingerprint density at radius 1 is 1.12 bits per heavy atom. The zero-order valence-electron chi connectivity index (χ0n) is 12.8. The number of thiazole rings is 1. The quantitative estimate of drug-likeness (QED) is 0.585. The monoisotopic (exact) mass is 368 g/mol. The first kappa shape index (κ1) is 15.6. The van der Waals surface area contributed by atoms with E-state index in [0.717, 1.165) is 16.1 Å². The molecule has 0 aliphatic heterocycles. The maximum Gasteiger partial charge on any atom is 0.255 e. The molecule has 9 heteroatoms. The van der Waals surface area contributed by atoms with Crippen LogP contribution in [0.1, 0.15) is 11.6 Å². The Morgan fingerprint density at radius 3 is 2.72 bits per heavy atom. The number of tetrazole rings is 1. The summed E-state index contributed by atoms with van der Waals surface area (Å²) >= 11 is 3.00. The number of amides is 1. The molecule has 0 saturated heterocycles. The number of carbonyl (C=O) groups is 1. The van der Waals surface area contributed by atoms with Gasteiger partial charge >= 0.3 is 0 Å². The van der Waals surface area contributed by atoms with E-state index in [2.05, 4.69) is 25.8 Å². The minimum absolute atomic E-state index is 0.245. The standard InChI is InChI=1S/C16H12N6OS2/c23-15(19-16-18-12(9-25-16)13-7-4-8-24-13)14(22-10-17-20-21-22)11-5-2-1-3-6-11/h1-10,14H,(H,18,19,23)/t14-/m1/s1. The molecule has 25 heavy (non-hydrogen) atoms. The number of benzene rings is 1. The molecule has 4 rings (SSSR count). The maximum atomic E-state index is 12.8. The Hall–Kier alpha value is -2.91. The van der Waals surface area contributed by atoms with Crippen LogP contribution in [0.25, 0.3) is 10.6 Å². The van der Waals surface area contributed by atoms with Crippen molar-refractivity contribution in [3.8, 4) is 10.6 Å². The first-order valence-corrected chi connectivity index (χ1v) is 9.15. The summed E-state index contributed by atoms with van der Waals surface area (Å²) in [6, 6.07) is 12.7. The Labute approximate surface area is 151 Å². The number of nitrogens with zero attached hydrogens (tertiary/aromatic N) is 5. The van der Waals surface area contributed by atoms with Crippen molar-refractivity contribution >= 4 is 33.7 Å². The third kappa shape index (κ3) is 3.32. The van der Waals surface area contributed by atoms with E-state index in [1.165, 1.54) is 22.3 Å². The highest BCUT2D eigenvalue weighted by Gasteiger charge is 2.24. The van der Waals surface area contributed by atoms with Gasteiger partial charge in [0.05, 0.1) is 10.6 Å². The predicted octanol–water partition coefficient (Wildman–Crippen LogP) is 3.09. The van der Waals surface area contributed by atoms with Crippen LogP contribution in [0.2, 0.25) is 0 Å². The lowest BCUT2D eigenvalue weighted by Crippen LogP contribution is -2.27. The van der Waals surface area contributed by atoms with Crippen molar-refractivity contribution in [1.29, 1.82) is 0 Å². The summed E-state index contributed by atoms with van der Waals surface area (Å²) in [5.41, 5.74) is 1.65. The molecule has 0 bridgehead atoms. The van der Waals surface area contributed by atoms with Gasteiger partial charge in [0.1, 0.15) is 6.33 Å². The summed E-state index contributed by atoms with van der Waals surface area (Å²) < 4.78 is 1.43. The normalized spacial score (nSPS) is 12.0. The Kier molecular flexibility index (Phi) is 4.32. The van der Waals surface area contributed by atoms with Gasteiger partial charge in [0.2, 0.25) is 0 Å². The van der Waals surface area contributed by atoms with E-state index in [1.54, 1.807) is 11.3 Å². The first-order valence-electron chi connectivity index (χ1n) is 7.39. The number of hydrogen-bond donors (Lipinski definition) is 1. The Balaban J connectivity index is 1.59. The van der Waals surface area contributed by atoms with Crippen LogP contribution in [0.4, 0.5) is 5.13 Å². The molecular formula is C16H12N6OS2. The van der Waals surface area contributed by atoms with Crippen molar-refractivity contribution in [3.63, 3.8) is 0 Å². The van der Waals surface area contributed by atoms with Gasteiger partial charge in [-0.05, 0) is 27.4 Å². The molecule has 4 aromatic rings. The van der Waals surface area contributed by atoms with E-state index < -0.39 is 6.04 Å². The van der Waals surface area contributed by atoms with Gasteiger partial charge in [-0.25, -0.2) is 9.67 Å². The highest BCUT2D eigenvalue weighted by atomic mass is 32.1. The largest absolute Gasteiger partial charge is 0.300 e. The van der Waals surface area contributed by atoms with E-state index in [0.29, 0.717) is 5.13 Å². The predicted molar refractivity (Wildman–Crippen MR) is 96.5 cm³/mol. The summed E-state index contributed by atoms with van der Waals surface area (Å²) in [4.78, 5) is 18.4. The van der Waals surface area contributed by atoms with Gasteiger partial charge in [-0.15, -0.1) is 27.8 Å². The summed E-state index contributed by atoms with van der Waals surface area (Å²) in [6.07, 6.45) is 1.43. The Morgan fingerprint density at radius 2 is 2.00 bits per heavy atom. The fraction of sp³-hybridized carbons (Fsp3) is 0.0625. The first-order chi connectivity index (χ1) is 12.3. The SMILES string of the molecule is O=C(Nc1nc(-c2cccs2)cs1)[C@@H](c1ccccc1)n1cnnn1. The lowest BCUT2D eigenvalue weighted by molar-refractivity contribution is -0.118. The summed E-state index contributed by atoms with van der Waals surface area (Å²) in [5.74, 6) is -0.245. The number of anilines is 1. The van der Waals surface area contributed by atoms with Crippen molar-refractivity contribution in [2.75, 3.05) is 5.32 Å². The average molecular weight is 368 g/mol. The van der Waals surface area contributed by atoms with Crippen LogP contribution >= 0.6 is 22.7 Å². The number of aromatic nitrogens is 5. The molecule has 1 N–H and O–H groups in total. The van der Waals surface area contributed by atoms with Crippen molar-refractivity contribution in [2.45, 2.75) is 6.04 Å². The van der Waals surface area contributed by atoms with Crippen LogP contribution in [-0.4, -0.2) is 31.1 Å². The third-order valence-corrected chi connectivity index (χ3v) is 5.15. The van der Waals surface area contributed by atoms with E-state index >= 15 is 0 Å². The van der Waals surface area contributed by atoms with E-state index in [4.69, 9.17) is 0 Å². The second kappa shape index (κ2) is 6.91. The minimum atomic E-state index is -0.662. The number of hydrogen-bond acceptors (Lipinski definition) is 7. The topological polar surface area (TPSA) is 85.6 Å². The number of nitrogens with one attached hydrogen (secondary N) is 1. The maximum absolute atomic E-state index is 12.8. The lowest BCUT2D eigenvalue weighted by Gasteiger charge is -2.15. The van der Waals surface area contributed by atoms with E-state index in [1.807, 2.05) is 53.2 Å². The molecule has 0 aliphatic rings. The van der Waals surface area contributed by atoms with Crippen LogP contribution in [0.5, 0.6) is 0 Å².